The number of aromatic amines is 1. The molecule has 1 aliphatic heterocycles. The lowest BCUT2D eigenvalue weighted by atomic mass is 9.72. The highest BCUT2D eigenvalue weighted by molar-refractivity contribution is 6.32. The number of fused-ring (bicyclic) bond motifs is 2. The number of hydrogen-bond acceptors (Lipinski definition) is 2. The van der Waals surface area contributed by atoms with Crippen molar-refractivity contribution in [2.75, 3.05) is 20.2 Å². The van der Waals surface area contributed by atoms with E-state index < -0.39 is 0 Å². The molecule has 3 atom stereocenters. The number of piperidine rings is 1. The molecule has 1 saturated heterocycles. The fraction of sp³-hybridized carbons (Fsp3) is 0.500. The first-order valence-electron chi connectivity index (χ1n) is 7.29. The molecule has 2 N–H and O–H groups in total. The molecule has 1 fully saturated rings. The van der Waals surface area contributed by atoms with E-state index in [1.54, 1.807) is 0 Å². The van der Waals surface area contributed by atoms with Crippen LogP contribution in [0.2, 0.25) is 5.15 Å². The monoisotopic (exact) mass is 290 g/mol. The molecule has 1 unspecified atom stereocenters. The van der Waals surface area contributed by atoms with E-state index in [1.807, 2.05) is 0 Å². The second kappa shape index (κ2) is 4.48. The number of nitrogens with zero attached hydrogens (tertiary/aromatic N) is 1. The van der Waals surface area contributed by atoms with Crippen LogP contribution in [-0.2, 0) is 6.42 Å². The molecule has 2 aromatic rings. The van der Waals surface area contributed by atoms with Crippen molar-refractivity contribution in [2.24, 2.45) is 5.92 Å². The lowest BCUT2D eigenvalue weighted by Crippen LogP contribution is -2.48. The Morgan fingerprint density at radius 1 is 1.45 bits per heavy atom. The van der Waals surface area contributed by atoms with Gasteiger partial charge in [-0.2, -0.15) is 0 Å². The zero-order chi connectivity index (χ0) is 13.9. The Bertz CT molecular complexity index is 666. The summed E-state index contributed by atoms with van der Waals surface area (Å²) in [7, 11) is 2.17. The van der Waals surface area contributed by atoms with Crippen LogP contribution in [0.4, 0.5) is 0 Å². The molecule has 0 spiro atoms. The summed E-state index contributed by atoms with van der Waals surface area (Å²) in [6, 6.07) is 6.95. The summed E-state index contributed by atoms with van der Waals surface area (Å²) < 4.78 is 0. The van der Waals surface area contributed by atoms with Gasteiger partial charge in [0.1, 0.15) is 5.15 Å². The number of likely N-dealkylation sites (N-methyl/N-ethyl adjacent to an activating group) is 1. The van der Waals surface area contributed by atoms with Crippen LogP contribution in [0.15, 0.2) is 18.2 Å². The number of aliphatic hydroxyl groups excluding tert-OH is 1. The number of likely N-dealkylation sites (tertiary alicyclic amines) is 1. The molecule has 2 heterocycles. The number of benzene rings is 1. The van der Waals surface area contributed by atoms with Crippen molar-refractivity contribution < 1.29 is 5.11 Å². The standard InChI is InChI=1S/C16H19ClN2O/c1-19-7-9(8-20)5-11-10-3-2-4-13-15(10)12(6-14(11)19)16(17)18-13/h2-4,9,11,14,18,20H,5-8H2,1H3/t9?,11-,14-/m1/s1. The Hall–Kier alpha value is -1.03. The highest BCUT2D eigenvalue weighted by Gasteiger charge is 2.39. The third kappa shape index (κ3) is 1.67. The topological polar surface area (TPSA) is 39.3 Å². The van der Waals surface area contributed by atoms with E-state index in [0.717, 1.165) is 30.1 Å². The Morgan fingerprint density at radius 2 is 2.30 bits per heavy atom. The number of H-pyrrole nitrogens is 1. The van der Waals surface area contributed by atoms with E-state index in [-0.39, 0.29) is 6.61 Å². The molecule has 3 nitrogen and oxygen atoms in total. The van der Waals surface area contributed by atoms with Crippen LogP contribution in [0.1, 0.15) is 23.5 Å². The summed E-state index contributed by atoms with van der Waals surface area (Å²) in [6.07, 6.45) is 2.09. The first-order valence-corrected chi connectivity index (χ1v) is 7.67. The van der Waals surface area contributed by atoms with Crippen LogP contribution in [0.5, 0.6) is 0 Å². The Labute approximate surface area is 123 Å². The molecule has 4 rings (SSSR count). The van der Waals surface area contributed by atoms with Crippen molar-refractivity contribution in [2.45, 2.75) is 24.8 Å². The molecule has 0 amide bonds. The summed E-state index contributed by atoms with van der Waals surface area (Å²) >= 11 is 6.39. The largest absolute Gasteiger partial charge is 0.396 e. The average molecular weight is 291 g/mol. The lowest BCUT2D eigenvalue weighted by Gasteiger charge is -2.45. The number of nitrogens with one attached hydrogen (secondary N) is 1. The number of aromatic nitrogens is 1. The molecule has 1 aromatic heterocycles. The fourth-order valence-corrected chi connectivity index (χ4v) is 4.50. The van der Waals surface area contributed by atoms with Gasteiger partial charge in [-0.05, 0) is 43.0 Å². The molecule has 0 radical (unpaired) electrons. The summed E-state index contributed by atoms with van der Waals surface area (Å²) in [5, 5.41) is 11.7. The van der Waals surface area contributed by atoms with Gasteiger partial charge >= 0.3 is 0 Å². The number of rotatable bonds is 1. The Kier molecular flexibility index (Phi) is 2.85. The second-order valence-electron chi connectivity index (χ2n) is 6.29. The SMILES string of the molecule is CN1CC(CO)C[C@@H]2c3cccc4[nH]c(Cl)c(c34)C[C@H]21. The van der Waals surface area contributed by atoms with Crippen LogP contribution in [0.25, 0.3) is 10.9 Å². The third-order valence-electron chi connectivity index (χ3n) is 5.14. The molecule has 106 valence electrons. The van der Waals surface area contributed by atoms with Crippen molar-refractivity contribution >= 4 is 22.5 Å². The molecule has 4 heteroatoms. The van der Waals surface area contributed by atoms with Gasteiger partial charge in [-0.25, -0.2) is 0 Å². The van der Waals surface area contributed by atoms with Crippen molar-refractivity contribution in [1.82, 2.24) is 9.88 Å². The van der Waals surface area contributed by atoms with Crippen molar-refractivity contribution in [3.63, 3.8) is 0 Å². The highest BCUT2D eigenvalue weighted by atomic mass is 35.5. The maximum atomic E-state index is 9.54. The van der Waals surface area contributed by atoms with E-state index in [9.17, 15) is 5.11 Å². The van der Waals surface area contributed by atoms with Crippen LogP contribution < -0.4 is 0 Å². The molecule has 2 aliphatic rings. The minimum absolute atomic E-state index is 0.282. The van der Waals surface area contributed by atoms with E-state index in [0.29, 0.717) is 17.9 Å². The quantitative estimate of drug-likeness (QED) is 0.848. The maximum Gasteiger partial charge on any atom is 0.110 e. The normalized spacial score (nSPS) is 29.6. The van der Waals surface area contributed by atoms with Gasteiger partial charge < -0.3 is 15.0 Å². The van der Waals surface area contributed by atoms with Gasteiger partial charge in [-0.1, -0.05) is 23.7 Å². The maximum absolute atomic E-state index is 9.54. The summed E-state index contributed by atoms with van der Waals surface area (Å²) in [6.45, 7) is 1.26. The first-order chi connectivity index (χ1) is 9.69. The van der Waals surface area contributed by atoms with Crippen LogP contribution in [0, 0.1) is 5.92 Å². The zero-order valence-electron chi connectivity index (χ0n) is 11.6. The zero-order valence-corrected chi connectivity index (χ0v) is 12.3. The summed E-state index contributed by atoms with van der Waals surface area (Å²) in [4.78, 5) is 5.71. The Balaban J connectivity index is 1.89. The van der Waals surface area contributed by atoms with E-state index in [4.69, 9.17) is 11.6 Å². The molecular weight excluding hydrogens is 272 g/mol. The van der Waals surface area contributed by atoms with Gasteiger partial charge in [0.25, 0.3) is 0 Å². The number of hydrogen-bond donors (Lipinski definition) is 2. The van der Waals surface area contributed by atoms with Crippen molar-refractivity contribution in [3.8, 4) is 0 Å². The lowest BCUT2D eigenvalue weighted by molar-refractivity contribution is 0.0772. The fourth-order valence-electron chi connectivity index (χ4n) is 4.23. The second-order valence-corrected chi connectivity index (χ2v) is 6.67. The molecule has 0 bridgehead atoms. The van der Waals surface area contributed by atoms with Crippen LogP contribution >= 0.6 is 11.6 Å². The van der Waals surface area contributed by atoms with Gasteiger partial charge in [0.2, 0.25) is 0 Å². The molecule has 1 aliphatic carbocycles. The summed E-state index contributed by atoms with van der Waals surface area (Å²) in [5.41, 5.74) is 3.82. The molecule has 0 saturated carbocycles. The van der Waals surface area contributed by atoms with E-state index in [2.05, 4.69) is 35.1 Å². The number of halogens is 1. The predicted octanol–water partition coefficient (Wildman–Crippen LogP) is 2.77. The smallest absolute Gasteiger partial charge is 0.110 e. The van der Waals surface area contributed by atoms with Crippen LogP contribution in [0.3, 0.4) is 0 Å². The van der Waals surface area contributed by atoms with E-state index in [1.165, 1.54) is 16.5 Å². The van der Waals surface area contributed by atoms with Crippen molar-refractivity contribution in [3.05, 3.63) is 34.5 Å². The van der Waals surface area contributed by atoms with Gasteiger partial charge in [-0.3, -0.25) is 0 Å². The minimum atomic E-state index is 0.282. The van der Waals surface area contributed by atoms with Gasteiger partial charge in [0, 0.05) is 36.0 Å². The van der Waals surface area contributed by atoms with Crippen LogP contribution in [-0.4, -0.2) is 41.2 Å². The van der Waals surface area contributed by atoms with Gasteiger partial charge in [0.05, 0.1) is 0 Å². The number of aliphatic hydroxyl groups is 1. The van der Waals surface area contributed by atoms with E-state index >= 15 is 0 Å². The van der Waals surface area contributed by atoms with Crippen molar-refractivity contribution in [1.29, 1.82) is 0 Å². The average Bonchev–Trinajstić information content (AvgIpc) is 2.77. The molecular formula is C16H19ClN2O. The highest BCUT2D eigenvalue weighted by Crippen LogP contribution is 2.45. The molecule has 20 heavy (non-hydrogen) atoms. The summed E-state index contributed by atoms with van der Waals surface area (Å²) in [5.74, 6) is 0.890. The minimum Gasteiger partial charge on any atom is -0.396 e. The molecule has 1 aromatic carbocycles. The van der Waals surface area contributed by atoms with Gasteiger partial charge in [0.15, 0.2) is 0 Å². The van der Waals surface area contributed by atoms with Gasteiger partial charge in [-0.15, -0.1) is 0 Å². The Morgan fingerprint density at radius 3 is 3.10 bits per heavy atom. The third-order valence-corrected chi connectivity index (χ3v) is 5.47. The predicted molar refractivity (Wildman–Crippen MR) is 81.4 cm³/mol. The first kappa shape index (κ1) is 12.7.